The number of aromatic nitrogens is 1. The van der Waals surface area contributed by atoms with E-state index in [4.69, 9.17) is 0 Å². The second-order valence-corrected chi connectivity index (χ2v) is 9.78. The summed E-state index contributed by atoms with van der Waals surface area (Å²) in [5, 5.41) is 1.04. The van der Waals surface area contributed by atoms with E-state index in [-0.39, 0.29) is 29.5 Å². The molecular formula is C20H27N3O3S. The number of carbonyl (C=O) groups is 1. The highest BCUT2D eigenvalue weighted by Crippen LogP contribution is 2.29. The molecule has 2 saturated heterocycles. The average Bonchev–Trinajstić information content (AvgIpc) is 3.20. The zero-order valence-electron chi connectivity index (χ0n) is 16.0. The number of rotatable bonds is 4. The molecule has 146 valence electrons. The Balaban J connectivity index is 1.63. The minimum atomic E-state index is -3.10. The highest BCUT2D eigenvalue weighted by molar-refractivity contribution is 7.91. The molecule has 0 aliphatic carbocycles. The molecule has 2 aliphatic rings. The fraction of sp³-hybridized carbons (Fsp3) is 0.550. The van der Waals surface area contributed by atoms with Gasteiger partial charge in [-0.2, -0.15) is 0 Å². The van der Waals surface area contributed by atoms with Crippen LogP contribution in [0.3, 0.4) is 0 Å². The summed E-state index contributed by atoms with van der Waals surface area (Å²) in [4.78, 5) is 17.3. The molecule has 2 aliphatic heterocycles. The summed E-state index contributed by atoms with van der Waals surface area (Å²) in [6, 6.07) is 7.50. The molecule has 1 amide bonds. The van der Waals surface area contributed by atoms with Crippen molar-refractivity contribution in [2.24, 2.45) is 0 Å². The third-order valence-corrected chi connectivity index (χ3v) is 7.62. The van der Waals surface area contributed by atoms with Crippen molar-refractivity contribution in [2.75, 3.05) is 31.1 Å². The maximum atomic E-state index is 13.2. The van der Waals surface area contributed by atoms with Crippen LogP contribution in [-0.2, 0) is 16.4 Å². The molecule has 0 N–H and O–H groups in total. The maximum Gasteiger partial charge on any atom is 0.254 e. The fourth-order valence-electron chi connectivity index (χ4n) is 4.62. The van der Waals surface area contributed by atoms with E-state index in [1.54, 1.807) is 4.90 Å². The molecule has 2 fully saturated rings. The quantitative estimate of drug-likeness (QED) is 0.802. The highest BCUT2D eigenvalue weighted by Gasteiger charge is 2.47. The summed E-state index contributed by atoms with van der Waals surface area (Å²) >= 11 is 0. The van der Waals surface area contributed by atoms with E-state index < -0.39 is 9.84 Å². The van der Waals surface area contributed by atoms with E-state index in [1.165, 1.54) is 0 Å². The van der Waals surface area contributed by atoms with Gasteiger partial charge in [0.2, 0.25) is 0 Å². The molecule has 0 bridgehead atoms. The van der Waals surface area contributed by atoms with Crippen LogP contribution in [0.25, 0.3) is 10.9 Å². The first-order valence-corrected chi connectivity index (χ1v) is 11.6. The van der Waals surface area contributed by atoms with Crippen LogP contribution in [0.1, 0.15) is 30.6 Å². The standard InChI is InChI=1S/C20H27N3O3S/c1-3-8-22-10-11-23(19-14-27(25,26)13-18(19)22)20(24)16-5-6-17-15(12-16)7-9-21(17)4-2/h5-7,9,12,18-19H,3-4,8,10-11,13-14H2,1-2H3/t18-,19+/m1/s1. The SMILES string of the molecule is CCCN1CCN(C(=O)c2ccc3c(ccn3CC)c2)[C@H]2CS(=O)(=O)C[C@H]21. The zero-order chi connectivity index (χ0) is 19.2. The number of hydrogen-bond acceptors (Lipinski definition) is 4. The summed E-state index contributed by atoms with van der Waals surface area (Å²) in [7, 11) is -3.10. The van der Waals surface area contributed by atoms with Gasteiger partial charge in [0.1, 0.15) is 0 Å². The van der Waals surface area contributed by atoms with Gasteiger partial charge >= 0.3 is 0 Å². The first-order chi connectivity index (χ1) is 12.9. The molecule has 0 unspecified atom stereocenters. The van der Waals surface area contributed by atoms with E-state index in [2.05, 4.69) is 23.3 Å². The maximum absolute atomic E-state index is 13.2. The lowest BCUT2D eigenvalue weighted by atomic mass is 10.0. The molecule has 6 nitrogen and oxygen atoms in total. The predicted octanol–water partition coefficient (Wildman–Crippen LogP) is 1.99. The van der Waals surface area contributed by atoms with Crippen molar-refractivity contribution in [3.63, 3.8) is 0 Å². The van der Waals surface area contributed by atoms with Crippen LogP contribution in [-0.4, -0.2) is 71.9 Å². The second kappa shape index (κ2) is 6.95. The van der Waals surface area contributed by atoms with Gasteiger partial charge in [0.15, 0.2) is 9.84 Å². The molecule has 7 heteroatoms. The largest absolute Gasteiger partial charge is 0.348 e. The minimum absolute atomic E-state index is 0.0515. The number of piperazine rings is 1. The molecule has 2 atom stereocenters. The molecule has 1 aromatic heterocycles. The van der Waals surface area contributed by atoms with Gasteiger partial charge in [-0.05, 0) is 44.2 Å². The Morgan fingerprint density at radius 2 is 1.89 bits per heavy atom. The molecule has 0 saturated carbocycles. The van der Waals surface area contributed by atoms with Crippen LogP contribution < -0.4 is 0 Å². The van der Waals surface area contributed by atoms with Gasteiger partial charge < -0.3 is 9.47 Å². The molecule has 27 heavy (non-hydrogen) atoms. The van der Waals surface area contributed by atoms with Crippen LogP contribution in [0.2, 0.25) is 0 Å². The van der Waals surface area contributed by atoms with Crippen LogP contribution in [0.5, 0.6) is 0 Å². The van der Waals surface area contributed by atoms with E-state index >= 15 is 0 Å². The molecule has 2 aromatic rings. The number of benzene rings is 1. The smallest absolute Gasteiger partial charge is 0.254 e. The molecule has 4 rings (SSSR count). The van der Waals surface area contributed by atoms with Crippen LogP contribution >= 0.6 is 0 Å². The van der Waals surface area contributed by atoms with Crippen molar-refractivity contribution in [2.45, 2.75) is 38.9 Å². The summed E-state index contributed by atoms with van der Waals surface area (Å²) in [6.07, 6.45) is 3.02. The zero-order valence-corrected chi connectivity index (χ0v) is 16.8. The lowest BCUT2D eigenvalue weighted by Crippen LogP contribution is -2.60. The van der Waals surface area contributed by atoms with Gasteiger partial charge in [-0.1, -0.05) is 6.92 Å². The Kier molecular flexibility index (Phi) is 4.76. The van der Waals surface area contributed by atoms with E-state index in [1.807, 2.05) is 30.5 Å². The lowest BCUT2D eigenvalue weighted by molar-refractivity contribution is 0.0333. The Hall–Kier alpha value is -1.86. The van der Waals surface area contributed by atoms with E-state index in [0.29, 0.717) is 12.1 Å². The molecule has 0 spiro atoms. The van der Waals surface area contributed by atoms with Crippen molar-refractivity contribution < 1.29 is 13.2 Å². The number of sulfone groups is 1. The van der Waals surface area contributed by atoms with Crippen molar-refractivity contribution in [1.29, 1.82) is 0 Å². The summed E-state index contributed by atoms with van der Waals surface area (Å²) in [5.74, 6) is 0.196. The second-order valence-electron chi connectivity index (χ2n) is 7.62. The van der Waals surface area contributed by atoms with Crippen molar-refractivity contribution in [3.05, 3.63) is 36.0 Å². The van der Waals surface area contributed by atoms with Gasteiger partial charge in [0.05, 0.1) is 17.5 Å². The van der Waals surface area contributed by atoms with Gasteiger partial charge in [-0.3, -0.25) is 9.69 Å². The van der Waals surface area contributed by atoms with Gasteiger partial charge in [-0.15, -0.1) is 0 Å². The number of carbonyl (C=O) groups excluding carboxylic acids is 1. The van der Waals surface area contributed by atoms with Crippen LogP contribution in [0.4, 0.5) is 0 Å². The first-order valence-electron chi connectivity index (χ1n) is 9.78. The Bertz CT molecular complexity index is 966. The molecule has 0 radical (unpaired) electrons. The van der Waals surface area contributed by atoms with Gasteiger partial charge in [-0.25, -0.2) is 8.42 Å². The number of fused-ring (bicyclic) bond motifs is 2. The molecular weight excluding hydrogens is 362 g/mol. The Morgan fingerprint density at radius 3 is 2.63 bits per heavy atom. The average molecular weight is 390 g/mol. The summed E-state index contributed by atoms with van der Waals surface area (Å²) < 4.78 is 26.7. The number of amides is 1. The minimum Gasteiger partial charge on any atom is -0.348 e. The Labute approximate surface area is 160 Å². The van der Waals surface area contributed by atoms with E-state index in [9.17, 15) is 13.2 Å². The topological polar surface area (TPSA) is 62.6 Å². The lowest BCUT2D eigenvalue weighted by Gasteiger charge is -2.44. The third-order valence-electron chi connectivity index (χ3n) is 5.92. The van der Waals surface area contributed by atoms with Gasteiger partial charge in [0.25, 0.3) is 5.91 Å². The summed E-state index contributed by atoms with van der Waals surface area (Å²) in [6.45, 7) is 7.30. The molecule has 3 heterocycles. The Morgan fingerprint density at radius 1 is 1.11 bits per heavy atom. The third kappa shape index (κ3) is 3.27. The van der Waals surface area contributed by atoms with Crippen molar-refractivity contribution in [3.8, 4) is 0 Å². The van der Waals surface area contributed by atoms with Gasteiger partial charge in [0, 0.05) is 48.3 Å². The predicted molar refractivity (Wildman–Crippen MR) is 107 cm³/mol. The molecule has 1 aromatic carbocycles. The monoisotopic (exact) mass is 389 g/mol. The van der Waals surface area contributed by atoms with E-state index in [0.717, 1.165) is 37.0 Å². The first kappa shape index (κ1) is 18.5. The van der Waals surface area contributed by atoms with Crippen LogP contribution in [0, 0.1) is 0 Å². The number of nitrogens with zero attached hydrogens (tertiary/aromatic N) is 3. The fourth-order valence-corrected chi connectivity index (χ4v) is 6.63. The number of hydrogen-bond donors (Lipinski definition) is 0. The van der Waals surface area contributed by atoms with Crippen molar-refractivity contribution in [1.82, 2.24) is 14.4 Å². The summed E-state index contributed by atoms with van der Waals surface area (Å²) in [5.41, 5.74) is 1.76. The van der Waals surface area contributed by atoms with Crippen LogP contribution in [0.15, 0.2) is 30.5 Å². The normalized spacial score (nSPS) is 25.0. The van der Waals surface area contributed by atoms with Crippen molar-refractivity contribution >= 4 is 26.6 Å². The number of aryl methyl sites for hydroxylation is 1. The highest BCUT2D eigenvalue weighted by atomic mass is 32.2.